The van der Waals surface area contributed by atoms with Crippen LogP contribution in [0.25, 0.3) is 0 Å². The number of piperidine rings is 1. The molecule has 0 spiro atoms. The van der Waals surface area contributed by atoms with Gasteiger partial charge in [0.2, 0.25) is 0 Å². The number of urea groups is 1. The highest BCUT2D eigenvalue weighted by Crippen LogP contribution is 2.35. The summed E-state index contributed by atoms with van der Waals surface area (Å²) in [4.78, 5) is 25.4. The number of likely N-dealkylation sites (tertiary alicyclic amines) is 1. The average Bonchev–Trinajstić information content (AvgIpc) is 2.34. The van der Waals surface area contributed by atoms with Gasteiger partial charge in [0.15, 0.2) is 0 Å². The first-order valence-electron chi connectivity index (χ1n) is 7.76. The summed E-state index contributed by atoms with van der Waals surface area (Å²) in [5.74, 6) is -0.921. The Balaban J connectivity index is 1.93. The van der Waals surface area contributed by atoms with Gasteiger partial charge in [0.25, 0.3) is 0 Å². The summed E-state index contributed by atoms with van der Waals surface area (Å²) in [5, 5.41) is 12.4. The Labute approximate surface area is 125 Å². The summed E-state index contributed by atoms with van der Waals surface area (Å²) >= 11 is 0. The lowest BCUT2D eigenvalue weighted by molar-refractivity contribution is -0.148. The molecule has 2 aliphatic rings. The van der Waals surface area contributed by atoms with E-state index in [1.165, 1.54) is 4.90 Å². The second kappa shape index (κ2) is 6.22. The highest BCUT2D eigenvalue weighted by Gasteiger charge is 2.45. The number of nitrogens with zero attached hydrogens (tertiary/aromatic N) is 1. The number of carbonyl (C=O) groups is 2. The average molecular weight is 298 g/mol. The third-order valence-corrected chi connectivity index (χ3v) is 4.59. The van der Waals surface area contributed by atoms with Crippen LogP contribution in [-0.4, -0.2) is 53.3 Å². The Bertz CT molecular complexity index is 404. The van der Waals surface area contributed by atoms with Crippen molar-refractivity contribution in [3.63, 3.8) is 0 Å². The van der Waals surface area contributed by atoms with Crippen LogP contribution in [0.2, 0.25) is 0 Å². The molecule has 21 heavy (non-hydrogen) atoms. The van der Waals surface area contributed by atoms with E-state index >= 15 is 0 Å². The zero-order chi connectivity index (χ0) is 15.6. The molecule has 0 radical (unpaired) electrons. The van der Waals surface area contributed by atoms with Crippen molar-refractivity contribution in [1.29, 1.82) is 0 Å². The largest absolute Gasteiger partial charge is 0.480 e. The maximum Gasteiger partial charge on any atom is 0.327 e. The fourth-order valence-electron chi connectivity index (χ4n) is 3.39. The zero-order valence-electron chi connectivity index (χ0n) is 13.1. The minimum absolute atomic E-state index is 0.105. The quantitative estimate of drug-likeness (QED) is 0.830. The van der Waals surface area contributed by atoms with E-state index in [4.69, 9.17) is 4.74 Å². The van der Waals surface area contributed by atoms with Gasteiger partial charge in [0, 0.05) is 19.2 Å². The molecule has 1 heterocycles. The van der Waals surface area contributed by atoms with Gasteiger partial charge in [0.05, 0.1) is 6.10 Å². The smallest absolute Gasteiger partial charge is 0.327 e. The fourth-order valence-corrected chi connectivity index (χ4v) is 3.39. The molecule has 1 aliphatic heterocycles. The molecule has 2 fully saturated rings. The van der Waals surface area contributed by atoms with Crippen molar-refractivity contribution in [3.05, 3.63) is 0 Å². The van der Waals surface area contributed by atoms with Crippen LogP contribution in [0, 0.1) is 5.41 Å². The maximum absolute atomic E-state index is 12.4. The van der Waals surface area contributed by atoms with Crippen molar-refractivity contribution in [3.8, 4) is 0 Å². The van der Waals surface area contributed by atoms with Gasteiger partial charge >= 0.3 is 12.0 Å². The first-order chi connectivity index (χ1) is 9.85. The van der Waals surface area contributed by atoms with E-state index in [1.807, 2.05) is 20.8 Å². The third-order valence-electron chi connectivity index (χ3n) is 4.59. The number of hydrogen-bond acceptors (Lipinski definition) is 3. The predicted molar refractivity (Wildman–Crippen MR) is 78.1 cm³/mol. The van der Waals surface area contributed by atoms with Crippen LogP contribution in [-0.2, 0) is 9.53 Å². The normalized spacial score (nSPS) is 31.4. The van der Waals surface area contributed by atoms with Crippen molar-refractivity contribution in [2.24, 2.45) is 5.41 Å². The minimum atomic E-state index is -0.921. The molecule has 0 aromatic heterocycles. The summed E-state index contributed by atoms with van der Waals surface area (Å²) in [6.07, 6.45) is 3.52. The number of carbonyl (C=O) groups excluding carboxylic acids is 1. The van der Waals surface area contributed by atoms with Crippen molar-refractivity contribution in [2.75, 3.05) is 13.2 Å². The Kier molecular flexibility index (Phi) is 4.76. The number of hydrogen-bond donors (Lipinski definition) is 2. The Morgan fingerprint density at radius 2 is 2.05 bits per heavy atom. The van der Waals surface area contributed by atoms with Crippen LogP contribution >= 0.6 is 0 Å². The SMILES string of the molecule is CCOC1CC(NC(=O)N2CCCC(C)(C)C2C(=O)O)C1. The Hall–Kier alpha value is -1.30. The van der Waals surface area contributed by atoms with Crippen molar-refractivity contribution in [1.82, 2.24) is 10.2 Å². The van der Waals surface area contributed by atoms with Gasteiger partial charge < -0.3 is 20.1 Å². The fraction of sp³-hybridized carbons (Fsp3) is 0.867. The number of aliphatic carboxylic acids is 1. The molecule has 2 amide bonds. The lowest BCUT2D eigenvalue weighted by Gasteiger charge is -2.45. The van der Waals surface area contributed by atoms with Gasteiger partial charge in [-0.05, 0) is 38.0 Å². The number of ether oxygens (including phenoxy) is 1. The Morgan fingerprint density at radius 3 is 2.62 bits per heavy atom. The van der Waals surface area contributed by atoms with Crippen LogP contribution in [0.4, 0.5) is 4.79 Å². The van der Waals surface area contributed by atoms with E-state index in [0.717, 1.165) is 25.7 Å². The van der Waals surface area contributed by atoms with Gasteiger partial charge in [-0.3, -0.25) is 0 Å². The van der Waals surface area contributed by atoms with Crippen molar-refractivity contribution < 1.29 is 19.4 Å². The van der Waals surface area contributed by atoms with Crippen molar-refractivity contribution in [2.45, 2.75) is 64.6 Å². The molecule has 6 nitrogen and oxygen atoms in total. The number of carboxylic acid groups (broad SMARTS) is 1. The summed E-state index contributed by atoms with van der Waals surface area (Å²) in [5.41, 5.74) is -0.394. The molecule has 0 bridgehead atoms. The molecule has 120 valence electrons. The monoisotopic (exact) mass is 298 g/mol. The molecule has 2 rings (SSSR count). The highest BCUT2D eigenvalue weighted by molar-refractivity contribution is 5.83. The first kappa shape index (κ1) is 16.1. The molecule has 2 N–H and O–H groups in total. The molecule has 1 unspecified atom stereocenters. The molecule has 0 aromatic carbocycles. The van der Waals surface area contributed by atoms with Crippen molar-refractivity contribution >= 4 is 12.0 Å². The molecule has 1 atom stereocenters. The number of amides is 2. The molecule has 6 heteroatoms. The van der Waals surface area contributed by atoms with Crippen LogP contribution in [0.1, 0.15) is 46.5 Å². The molecule has 0 aromatic rings. The highest BCUT2D eigenvalue weighted by atomic mass is 16.5. The number of rotatable bonds is 4. The standard InChI is InChI=1S/C15H26N2O4/c1-4-21-11-8-10(9-11)16-14(20)17-7-5-6-15(2,3)12(17)13(18)19/h10-12H,4-9H2,1-3H3,(H,16,20)(H,18,19). The van der Waals surface area contributed by atoms with E-state index in [9.17, 15) is 14.7 Å². The van der Waals surface area contributed by atoms with Gasteiger partial charge in [-0.25, -0.2) is 9.59 Å². The molecular formula is C15H26N2O4. The number of carboxylic acids is 1. The van der Waals surface area contributed by atoms with Crippen LogP contribution in [0.15, 0.2) is 0 Å². The van der Waals surface area contributed by atoms with Gasteiger partial charge in [-0.1, -0.05) is 13.8 Å². The molecular weight excluding hydrogens is 272 g/mol. The van der Waals surface area contributed by atoms with Crippen LogP contribution in [0.3, 0.4) is 0 Å². The van der Waals surface area contributed by atoms with E-state index in [1.54, 1.807) is 0 Å². The third kappa shape index (κ3) is 3.48. The summed E-state index contributed by atoms with van der Waals surface area (Å²) in [7, 11) is 0. The van der Waals surface area contributed by atoms with E-state index < -0.39 is 17.4 Å². The molecule has 1 aliphatic carbocycles. The number of nitrogens with one attached hydrogen (secondary N) is 1. The topological polar surface area (TPSA) is 78.9 Å². The zero-order valence-corrected chi connectivity index (χ0v) is 13.1. The first-order valence-corrected chi connectivity index (χ1v) is 7.76. The lowest BCUT2D eigenvalue weighted by atomic mass is 9.76. The minimum Gasteiger partial charge on any atom is -0.480 e. The lowest BCUT2D eigenvalue weighted by Crippen LogP contribution is -2.61. The van der Waals surface area contributed by atoms with Gasteiger partial charge in [0.1, 0.15) is 6.04 Å². The van der Waals surface area contributed by atoms with Crippen LogP contribution in [0.5, 0.6) is 0 Å². The van der Waals surface area contributed by atoms with Crippen LogP contribution < -0.4 is 5.32 Å². The maximum atomic E-state index is 12.4. The van der Waals surface area contributed by atoms with E-state index in [2.05, 4.69) is 5.32 Å². The van der Waals surface area contributed by atoms with Gasteiger partial charge in [-0.2, -0.15) is 0 Å². The molecule has 1 saturated heterocycles. The van der Waals surface area contributed by atoms with E-state index in [-0.39, 0.29) is 18.2 Å². The summed E-state index contributed by atoms with van der Waals surface area (Å²) < 4.78 is 5.47. The second-order valence-electron chi connectivity index (χ2n) is 6.72. The predicted octanol–water partition coefficient (Wildman–Crippen LogP) is 1.84. The van der Waals surface area contributed by atoms with Gasteiger partial charge in [-0.15, -0.1) is 0 Å². The van der Waals surface area contributed by atoms with E-state index in [0.29, 0.717) is 13.2 Å². The summed E-state index contributed by atoms with van der Waals surface area (Å²) in [6, 6.07) is -0.905. The Morgan fingerprint density at radius 1 is 1.38 bits per heavy atom. The molecule has 1 saturated carbocycles. The second-order valence-corrected chi connectivity index (χ2v) is 6.72. The summed E-state index contributed by atoms with van der Waals surface area (Å²) in [6.45, 7) is 6.99.